The van der Waals surface area contributed by atoms with Gasteiger partial charge < -0.3 is 60.7 Å². The van der Waals surface area contributed by atoms with E-state index in [-0.39, 0.29) is 55.8 Å². The van der Waals surface area contributed by atoms with Crippen LogP contribution in [0.2, 0.25) is 0 Å². The van der Waals surface area contributed by atoms with Crippen LogP contribution in [0.3, 0.4) is 0 Å². The van der Waals surface area contributed by atoms with E-state index in [9.17, 15) is 48.3 Å². The second-order valence-corrected chi connectivity index (χ2v) is 26.1. The Kier molecular flexibility index (Phi) is 31.5. The first kappa shape index (κ1) is 76.9. The molecule has 1 aliphatic rings. The van der Waals surface area contributed by atoms with Gasteiger partial charge in [0.15, 0.2) is 0 Å². The third-order valence-corrected chi connectivity index (χ3v) is 16.1. The Bertz CT molecular complexity index is 2330. The minimum Gasteiger partial charge on any atom is -0.390 e. The molecule has 0 radical (unpaired) electrons. The van der Waals surface area contributed by atoms with E-state index in [1.165, 1.54) is 87.7 Å². The van der Waals surface area contributed by atoms with Crippen molar-refractivity contribution in [3.63, 3.8) is 0 Å². The summed E-state index contributed by atoms with van der Waals surface area (Å²) in [5.74, 6) is -9.71. The van der Waals surface area contributed by atoms with E-state index in [1.54, 1.807) is 54.5 Å². The van der Waals surface area contributed by atoms with Crippen LogP contribution in [0.15, 0.2) is 12.2 Å². The van der Waals surface area contributed by atoms with E-state index in [2.05, 4.69) is 21.3 Å². The lowest BCUT2D eigenvalue weighted by Crippen LogP contribution is -2.63. The van der Waals surface area contributed by atoms with Gasteiger partial charge in [-0.3, -0.25) is 52.7 Å². The summed E-state index contributed by atoms with van der Waals surface area (Å²) in [5.41, 5.74) is 0. The molecule has 0 aromatic heterocycles. The maximum absolute atomic E-state index is 15.1. The van der Waals surface area contributed by atoms with Crippen LogP contribution in [-0.4, -0.2) is 227 Å². The maximum atomic E-state index is 15.1. The number of nitrogens with one attached hydrogen (secondary N) is 4. The second kappa shape index (κ2) is 34.9. The van der Waals surface area contributed by atoms with Crippen molar-refractivity contribution in [3.8, 4) is 0 Å². The largest absolute Gasteiger partial charge is 0.390 e. The molecule has 0 bridgehead atoms. The summed E-state index contributed by atoms with van der Waals surface area (Å²) in [6, 6.07) is -12.3. The van der Waals surface area contributed by atoms with Crippen molar-refractivity contribution in [3.05, 3.63) is 12.2 Å². The zero-order valence-electron chi connectivity index (χ0n) is 56.1. The third-order valence-electron chi connectivity index (χ3n) is 16.1. The van der Waals surface area contributed by atoms with Gasteiger partial charge in [0, 0.05) is 49.3 Å². The number of hydrogen-bond donors (Lipinski definition) is 5. The number of aliphatic hydroxyl groups is 1. The highest BCUT2D eigenvalue weighted by Crippen LogP contribution is 2.26. The number of nitrogens with zero attached hydrogens (tertiary/aromatic N) is 7. The second-order valence-electron chi connectivity index (χ2n) is 26.1. The summed E-state index contributed by atoms with van der Waals surface area (Å²) >= 11 is 0. The number of allylic oxidation sites excluding steroid dienone is 2. The van der Waals surface area contributed by atoms with Crippen molar-refractivity contribution < 1.29 is 57.8 Å². The molecule has 0 saturated carbocycles. The quantitative estimate of drug-likeness (QED) is 0.148. The van der Waals surface area contributed by atoms with Gasteiger partial charge in [-0.25, -0.2) is 0 Å². The molecule has 1 aliphatic heterocycles. The zero-order valence-corrected chi connectivity index (χ0v) is 56.1. The number of carbonyl (C=O) groups excluding carboxylic acids is 11. The summed E-state index contributed by atoms with van der Waals surface area (Å²) < 4.78 is 0. The summed E-state index contributed by atoms with van der Waals surface area (Å²) in [4.78, 5) is 169. The Morgan fingerprint density at radius 1 is 0.459 bits per heavy atom. The summed E-state index contributed by atoms with van der Waals surface area (Å²) in [6.07, 6.45) is 3.04. The van der Waals surface area contributed by atoms with E-state index in [0.29, 0.717) is 6.42 Å². The van der Waals surface area contributed by atoms with Crippen molar-refractivity contribution in [2.45, 2.75) is 223 Å². The Morgan fingerprint density at radius 2 is 0.871 bits per heavy atom. The number of aliphatic hydroxyl groups excluding tert-OH is 1. The molecule has 11 amide bonds. The van der Waals surface area contributed by atoms with E-state index >= 15 is 9.59 Å². The van der Waals surface area contributed by atoms with Gasteiger partial charge in [0.2, 0.25) is 65.0 Å². The van der Waals surface area contributed by atoms with Crippen LogP contribution in [0.25, 0.3) is 0 Å². The Morgan fingerprint density at radius 3 is 1.32 bits per heavy atom. The molecule has 1 heterocycles. The molecule has 0 aromatic rings. The van der Waals surface area contributed by atoms with Crippen LogP contribution < -0.4 is 21.3 Å². The van der Waals surface area contributed by atoms with Gasteiger partial charge in [-0.05, 0) is 101 Å². The molecule has 23 nitrogen and oxygen atoms in total. The molecule has 0 aliphatic carbocycles. The highest BCUT2D eigenvalue weighted by atomic mass is 16.3. The predicted octanol–water partition coefficient (Wildman–Crippen LogP) is 3.27. The van der Waals surface area contributed by atoms with Crippen LogP contribution in [-0.2, 0) is 52.7 Å². The SMILES string of the molecule is C/C=C/C[C@@H](C)[C@@H](O)[C@H]1C(=O)N[C@H](CC)C(=O)N(C)CC(=O)N(C)[C@@H](CC(C)C)C(=O)N[C@@H](C(C)C)C(=O)N(C)[C@H](CC(C)C)C(=O)N[C@@H](C)C(=O)N[C@H](C)C(=O)N(C)[C@@H](CC(C)C)C(=O)N(C)[C@@H](CC(C)C)C(=O)N(C)[C@@H](C(C)C)C(=O)N1C. The standard InChI is InChI=1S/C62H111N11O12/c1-25-27-28-40(15)52(75)51-56(79)65-43(26-2)58(81)67(18)33-48(74)68(19)44(29-34(3)4)55(78)66-49(38(11)12)61(84)69(20)45(30-35(5)6)54(77)63-41(16)53(76)64-42(17)57(80)70(21)46(31-36(7)8)59(82)71(22)47(32-37(9)10)60(83)72(23)50(39(13)14)62(85)73(51)24/h25,27,34-47,49-52,75H,26,28-33H2,1-24H3,(H,63,77)(H,64,76)(H,65,79)(H,66,78)/b27-25+/t40-,41+,42-,43-,44+,45-,46+,47+,49+,50+,51+,52-/m1/s1. The molecule has 0 unspecified atom stereocenters. The number of rotatable bonds is 15. The minimum atomic E-state index is -1.61. The molecule has 23 heteroatoms. The summed E-state index contributed by atoms with van der Waals surface area (Å²) in [7, 11) is 9.92. The molecule has 1 rings (SSSR count). The summed E-state index contributed by atoms with van der Waals surface area (Å²) in [6.45, 7) is 29.3. The number of likely N-dealkylation sites (N-methyl/N-ethyl adjacent to an activating group) is 7. The van der Waals surface area contributed by atoms with Gasteiger partial charge >= 0.3 is 0 Å². The fourth-order valence-corrected chi connectivity index (χ4v) is 10.7. The van der Waals surface area contributed by atoms with Gasteiger partial charge in [0.25, 0.3) is 0 Å². The first-order valence-electron chi connectivity index (χ1n) is 30.6. The average molecular weight is 1200 g/mol. The molecular formula is C62H111N11O12. The van der Waals surface area contributed by atoms with Crippen LogP contribution in [0.4, 0.5) is 0 Å². The number of amides is 11. The fraction of sp³-hybridized carbons (Fsp3) is 0.790. The average Bonchev–Trinajstić information content (AvgIpc) is 3.62. The van der Waals surface area contributed by atoms with Crippen molar-refractivity contribution in [1.29, 1.82) is 0 Å². The molecule has 12 atom stereocenters. The monoisotopic (exact) mass is 1200 g/mol. The normalized spacial score (nSPS) is 26.9. The van der Waals surface area contributed by atoms with Crippen LogP contribution >= 0.6 is 0 Å². The Labute approximate surface area is 508 Å². The lowest BCUT2D eigenvalue weighted by molar-refractivity contribution is -0.157. The van der Waals surface area contributed by atoms with Crippen molar-refractivity contribution in [1.82, 2.24) is 55.6 Å². The first-order valence-corrected chi connectivity index (χ1v) is 30.6. The molecular weight excluding hydrogens is 1090 g/mol. The van der Waals surface area contributed by atoms with Crippen molar-refractivity contribution >= 4 is 65.0 Å². The van der Waals surface area contributed by atoms with Crippen LogP contribution in [0.5, 0.6) is 0 Å². The molecule has 1 fully saturated rings. The van der Waals surface area contributed by atoms with Gasteiger partial charge in [0.05, 0.1) is 12.6 Å². The van der Waals surface area contributed by atoms with E-state index < -0.39 is 156 Å². The summed E-state index contributed by atoms with van der Waals surface area (Å²) in [5, 5.41) is 23.1. The third kappa shape index (κ3) is 21.7. The Balaban J connectivity index is 4.32. The van der Waals surface area contributed by atoms with Crippen LogP contribution in [0, 0.1) is 41.4 Å². The number of carbonyl (C=O) groups is 11. The van der Waals surface area contributed by atoms with Gasteiger partial charge in [-0.15, -0.1) is 0 Å². The van der Waals surface area contributed by atoms with Crippen molar-refractivity contribution in [2.24, 2.45) is 41.4 Å². The van der Waals surface area contributed by atoms with Gasteiger partial charge in [-0.1, -0.05) is 109 Å². The van der Waals surface area contributed by atoms with Gasteiger partial charge in [-0.2, -0.15) is 0 Å². The molecule has 1 saturated heterocycles. The Hall–Kier alpha value is -6.13. The topological polar surface area (TPSA) is 279 Å². The molecule has 0 spiro atoms. The van der Waals surface area contributed by atoms with Crippen LogP contribution in [0.1, 0.15) is 156 Å². The van der Waals surface area contributed by atoms with Crippen molar-refractivity contribution in [2.75, 3.05) is 55.9 Å². The zero-order chi connectivity index (χ0) is 66.0. The molecule has 0 aromatic carbocycles. The smallest absolute Gasteiger partial charge is 0.246 e. The fourth-order valence-electron chi connectivity index (χ4n) is 10.7. The highest BCUT2D eigenvalue weighted by molar-refractivity contribution is 5.99. The van der Waals surface area contributed by atoms with E-state index in [1.807, 2.05) is 61.5 Å². The highest BCUT2D eigenvalue weighted by Gasteiger charge is 2.45. The molecule has 85 heavy (non-hydrogen) atoms. The maximum Gasteiger partial charge on any atom is 0.246 e. The van der Waals surface area contributed by atoms with E-state index in [4.69, 9.17) is 0 Å². The lowest BCUT2D eigenvalue weighted by Gasteiger charge is -2.41. The van der Waals surface area contributed by atoms with E-state index in [0.717, 1.165) is 9.80 Å². The first-order chi connectivity index (χ1) is 39.2. The minimum absolute atomic E-state index is 0.0229. The lowest BCUT2D eigenvalue weighted by atomic mass is 9.91. The molecule has 5 N–H and O–H groups in total. The number of hydrogen-bond acceptors (Lipinski definition) is 12. The molecule has 486 valence electrons. The predicted molar refractivity (Wildman–Crippen MR) is 328 cm³/mol. The van der Waals surface area contributed by atoms with Gasteiger partial charge in [0.1, 0.15) is 60.4 Å².